The second kappa shape index (κ2) is 13.8. The molecule has 0 fully saturated rings. The second-order valence-electron chi connectivity index (χ2n) is 9.17. The summed E-state index contributed by atoms with van der Waals surface area (Å²) in [5.41, 5.74) is 10.5. The Morgan fingerprint density at radius 1 is 0.684 bits per heavy atom. The Bertz CT molecular complexity index is 1580. The van der Waals surface area contributed by atoms with Gasteiger partial charge in [0.2, 0.25) is 0 Å². The van der Waals surface area contributed by atoms with E-state index in [1.54, 1.807) is 6.08 Å². The predicted octanol–water partition coefficient (Wildman–Crippen LogP) is 9.17. The van der Waals surface area contributed by atoms with E-state index in [4.69, 9.17) is 0 Å². The summed E-state index contributed by atoms with van der Waals surface area (Å²) in [5, 5.41) is 2.41. The first-order valence-electron chi connectivity index (χ1n) is 13.0. The van der Waals surface area contributed by atoms with Gasteiger partial charge in [-0.05, 0) is 112 Å². The molecule has 0 bridgehead atoms. The molecule has 0 heterocycles. The molecule has 0 aromatic heterocycles. The number of benzene rings is 3. The highest BCUT2D eigenvalue weighted by atomic mass is 14.1. The van der Waals surface area contributed by atoms with E-state index >= 15 is 0 Å². The Kier molecular flexibility index (Phi) is 10.2. The van der Waals surface area contributed by atoms with Crippen LogP contribution in [0.4, 0.5) is 0 Å². The molecule has 3 aromatic carbocycles. The maximum absolute atomic E-state index is 4.13. The van der Waals surface area contributed by atoms with Crippen LogP contribution < -0.4 is 10.4 Å². The van der Waals surface area contributed by atoms with Crippen LogP contribution in [0.1, 0.15) is 41.7 Å². The van der Waals surface area contributed by atoms with Gasteiger partial charge in [0.25, 0.3) is 0 Å². The molecule has 0 aliphatic heterocycles. The van der Waals surface area contributed by atoms with Crippen molar-refractivity contribution in [1.29, 1.82) is 0 Å². The van der Waals surface area contributed by atoms with Crippen molar-refractivity contribution in [3.05, 3.63) is 160 Å². The third-order valence-electron chi connectivity index (χ3n) is 6.64. The highest BCUT2D eigenvalue weighted by Crippen LogP contribution is 2.28. The molecule has 0 saturated heterocycles. The van der Waals surface area contributed by atoms with Gasteiger partial charge >= 0.3 is 0 Å². The number of rotatable bonds is 9. The lowest BCUT2D eigenvalue weighted by Crippen LogP contribution is -2.24. The molecule has 0 aliphatic rings. The summed E-state index contributed by atoms with van der Waals surface area (Å²) in [4.78, 5) is 0. The maximum atomic E-state index is 4.13. The number of aryl methyl sites for hydroxylation is 2. The first-order valence-corrected chi connectivity index (χ1v) is 13.0. The molecule has 0 aliphatic carbocycles. The molecule has 3 aromatic rings. The van der Waals surface area contributed by atoms with Crippen LogP contribution in [0.2, 0.25) is 0 Å². The summed E-state index contributed by atoms with van der Waals surface area (Å²) < 4.78 is 0. The lowest BCUT2D eigenvalue weighted by atomic mass is 9.94. The van der Waals surface area contributed by atoms with E-state index in [2.05, 4.69) is 138 Å². The highest BCUT2D eigenvalue weighted by Gasteiger charge is 2.06. The average molecular weight is 495 g/mol. The quantitative estimate of drug-likeness (QED) is 0.260. The van der Waals surface area contributed by atoms with Gasteiger partial charge in [0.05, 0.1) is 0 Å². The SMILES string of the molecule is C=C/C=C\c1cc(=C/C)/c(=C\C)cc1/C=C(C=C)/C(/C=C/c1ccc(C)c(-c2ccccc2C)c1)=C/C=C. The first-order chi connectivity index (χ1) is 18.4. The minimum atomic E-state index is 1.02. The third-order valence-corrected chi connectivity index (χ3v) is 6.64. The van der Waals surface area contributed by atoms with Gasteiger partial charge in [0.15, 0.2) is 0 Å². The van der Waals surface area contributed by atoms with Crippen LogP contribution >= 0.6 is 0 Å². The van der Waals surface area contributed by atoms with Crippen molar-refractivity contribution in [3.63, 3.8) is 0 Å². The van der Waals surface area contributed by atoms with Crippen LogP contribution in [-0.4, -0.2) is 0 Å². The summed E-state index contributed by atoms with van der Waals surface area (Å²) in [7, 11) is 0. The van der Waals surface area contributed by atoms with E-state index in [1.165, 1.54) is 32.7 Å². The van der Waals surface area contributed by atoms with E-state index in [1.807, 2.05) is 24.3 Å². The molecule has 0 radical (unpaired) electrons. The normalized spacial score (nSPS) is 13.5. The zero-order valence-corrected chi connectivity index (χ0v) is 23.2. The maximum Gasteiger partial charge on any atom is -0.0146 e. The Morgan fingerprint density at radius 2 is 1.37 bits per heavy atom. The van der Waals surface area contributed by atoms with Crippen LogP contribution in [0, 0.1) is 13.8 Å². The van der Waals surface area contributed by atoms with Crippen molar-refractivity contribution >= 4 is 30.4 Å². The van der Waals surface area contributed by atoms with Gasteiger partial charge < -0.3 is 0 Å². The van der Waals surface area contributed by atoms with Crippen LogP contribution in [0.15, 0.2) is 122 Å². The Hall–Kier alpha value is -4.42. The molecular formula is C38H38. The number of hydrogen-bond acceptors (Lipinski definition) is 0. The fourth-order valence-corrected chi connectivity index (χ4v) is 4.51. The summed E-state index contributed by atoms with van der Waals surface area (Å²) in [5.74, 6) is 0. The Balaban J connectivity index is 2.09. The summed E-state index contributed by atoms with van der Waals surface area (Å²) >= 11 is 0. The van der Waals surface area contributed by atoms with Gasteiger partial charge in [0.1, 0.15) is 0 Å². The third kappa shape index (κ3) is 6.87. The van der Waals surface area contributed by atoms with E-state index in [0.29, 0.717) is 0 Å². The van der Waals surface area contributed by atoms with E-state index in [-0.39, 0.29) is 0 Å². The number of allylic oxidation sites excluding steroid dienone is 8. The zero-order chi connectivity index (χ0) is 27.5. The molecule has 190 valence electrons. The summed E-state index contributed by atoms with van der Waals surface area (Å²) in [6.07, 6.45) is 22.4. The van der Waals surface area contributed by atoms with E-state index < -0.39 is 0 Å². The summed E-state index contributed by atoms with van der Waals surface area (Å²) in [6, 6.07) is 19.6. The lowest BCUT2D eigenvalue weighted by Gasteiger charge is -2.11. The van der Waals surface area contributed by atoms with Crippen molar-refractivity contribution in [3.8, 4) is 11.1 Å². The molecule has 38 heavy (non-hydrogen) atoms. The molecule has 0 nitrogen and oxygen atoms in total. The smallest absolute Gasteiger partial charge is 0.0146 e. The average Bonchev–Trinajstić information content (AvgIpc) is 2.94. The van der Waals surface area contributed by atoms with E-state index in [9.17, 15) is 0 Å². The van der Waals surface area contributed by atoms with Crippen molar-refractivity contribution < 1.29 is 0 Å². The Labute approximate surface area is 229 Å². The molecule has 0 atom stereocenters. The Morgan fingerprint density at radius 3 is 2.00 bits per heavy atom. The topological polar surface area (TPSA) is 0 Å². The predicted molar refractivity (Wildman–Crippen MR) is 172 cm³/mol. The molecule has 0 spiro atoms. The first kappa shape index (κ1) is 28.2. The van der Waals surface area contributed by atoms with Gasteiger partial charge in [-0.3, -0.25) is 0 Å². The van der Waals surface area contributed by atoms with Crippen molar-refractivity contribution in [1.82, 2.24) is 0 Å². The van der Waals surface area contributed by atoms with Crippen LogP contribution in [-0.2, 0) is 0 Å². The molecule has 0 heteroatoms. The van der Waals surface area contributed by atoms with Crippen LogP contribution in [0.5, 0.6) is 0 Å². The fraction of sp³-hybridized carbons (Fsp3) is 0.105. The molecule has 0 unspecified atom stereocenters. The molecule has 0 saturated carbocycles. The van der Waals surface area contributed by atoms with E-state index in [0.717, 1.165) is 27.8 Å². The van der Waals surface area contributed by atoms with Gasteiger partial charge in [-0.2, -0.15) is 0 Å². The summed E-state index contributed by atoms with van der Waals surface area (Å²) in [6.45, 7) is 20.4. The highest BCUT2D eigenvalue weighted by molar-refractivity contribution is 5.76. The second-order valence-corrected chi connectivity index (χ2v) is 9.17. The fourth-order valence-electron chi connectivity index (χ4n) is 4.51. The minimum absolute atomic E-state index is 1.02. The molecule has 0 N–H and O–H groups in total. The molecule has 0 amide bonds. The number of hydrogen-bond donors (Lipinski definition) is 0. The van der Waals surface area contributed by atoms with Crippen molar-refractivity contribution in [2.45, 2.75) is 27.7 Å². The van der Waals surface area contributed by atoms with Crippen molar-refractivity contribution in [2.75, 3.05) is 0 Å². The monoisotopic (exact) mass is 494 g/mol. The van der Waals surface area contributed by atoms with Gasteiger partial charge in [-0.15, -0.1) is 0 Å². The largest absolute Gasteiger partial charge is 0.0991 e. The van der Waals surface area contributed by atoms with Crippen molar-refractivity contribution in [2.24, 2.45) is 0 Å². The van der Waals surface area contributed by atoms with Gasteiger partial charge in [-0.25, -0.2) is 0 Å². The molecule has 3 rings (SSSR count). The zero-order valence-electron chi connectivity index (χ0n) is 23.2. The minimum Gasteiger partial charge on any atom is -0.0991 e. The standard InChI is InChI=1S/C38H38/c1-8-13-18-35-25-31(10-3)32(11-4)26-36(35)27-33(12-5)34(16-9-2)23-22-30-21-20-29(7)38(24-30)37-19-15-14-17-28(37)6/h8-27H,1-2,5H2,3-4,6-7H3/b18-13-,23-22+,31-10-,32-11-,33-27+,34-16+. The van der Waals surface area contributed by atoms with Gasteiger partial charge in [0, 0.05) is 0 Å². The lowest BCUT2D eigenvalue weighted by molar-refractivity contribution is 1.40. The van der Waals surface area contributed by atoms with Gasteiger partial charge in [-0.1, -0.05) is 117 Å². The van der Waals surface area contributed by atoms with Crippen LogP contribution in [0.25, 0.3) is 41.5 Å². The molecular weight excluding hydrogens is 456 g/mol. The van der Waals surface area contributed by atoms with Crippen LogP contribution in [0.3, 0.4) is 0 Å².